The fraction of sp³-hybridized carbons (Fsp3) is 0.714. The van der Waals surface area contributed by atoms with Gasteiger partial charge >= 0.3 is 0 Å². The number of rotatable bonds is 7. The molecule has 1 heterocycles. The summed E-state index contributed by atoms with van der Waals surface area (Å²) in [6.45, 7) is 6.28. The SMILES string of the molecule is CCCCc1nc(CCCC)n(C(C)C#N)c1Br. The Bertz CT molecular complexity index is 417. The minimum Gasteiger partial charge on any atom is -0.306 e. The number of aryl methyl sites for hydroxylation is 2. The van der Waals surface area contributed by atoms with Crippen LogP contribution in [0.15, 0.2) is 4.60 Å². The van der Waals surface area contributed by atoms with Crippen molar-refractivity contribution in [3.05, 3.63) is 16.1 Å². The Morgan fingerprint density at radius 3 is 2.44 bits per heavy atom. The zero-order chi connectivity index (χ0) is 13.5. The third-order valence-electron chi connectivity index (χ3n) is 3.09. The first-order valence-electron chi connectivity index (χ1n) is 6.80. The number of hydrogen-bond donors (Lipinski definition) is 0. The van der Waals surface area contributed by atoms with Crippen LogP contribution in [0.1, 0.15) is 64.0 Å². The minimum atomic E-state index is -0.158. The second kappa shape index (κ2) is 7.58. The van der Waals surface area contributed by atoms with Gasteiger partial charge in [-0.1, -0.05) is 26.7 Å². The molecule has 0 aliphatic carbocycles. The molecule has 100 valence electrons. The van der Waals surface area contributed by atoms with E-state index in [4.69, 9.17) is 10.2 Å². The van der Waals surface area contributed by atoms with Gasteiger partial charge in [-0.3, -0.25) is 0 Å². The van der Waals surface area contributed by atoms with E-state index in [0.29, 0.717) is 0 Å². The van der Waals surface area contributed by atoms with Crippen LogP contribution in [0.5, 0.6) is 0 Å². The summed E-state index contributed by atoms with van der Waals surface area (Å²) in [7, 11) is 0. The molecule has 0 bridgehead atoms. The van der Waals surface area contributed by atoms with Gasteiger partial charge in [0.1, 0.15) is 16.5 Å². The Labute approximate surface area is 118 Å². The van der Waals surface area contributed by atoms with Gasteiger partial charge < -0.3 is 4.57 Å². The first-order valence-corrected chi connectivity index (χ1v) is 7.60. The van der Waals surface area contributed by atoms with Crippen molar-refractivity contribution < 1.29 is 0 Å². The summed E-state index contributed by atoms with van der Waals surface area (Å²) >= 11 is 3.61. The van der Waals surface area contributed by atoms with Crippen LogP contribution in [-0.4, -0.2) is 9.55 Å². The predicted octanol–water partition coefficient (Wildman–Crippen LogP) is 4.42. The Morgan fingerprint density at radius 2 is 1.89 bits per heavy atom. The lowest BCUT2D eigenvalue weighted by Gasteiger charge is -2.10. The molecule has 1 aromatic heterocycles. The molecule has 1 aromatic rings. The van der Waals surface area contributed by atoms with E-state index in [1.165, 1.54) is 0 Å². The quantitative estimate of drug-likeness (QED) is 0.748. The van der Waals surface area contributed by atoms with E-state index in [0.717, 1.165) is 54.6 Å². The predicted molar refractivity (Wildman–Crippen MR) is 77.5 cm³/mol. The Morgan fingerprint density at radius 1 is 1.28 bits per heavy atom. The van der Waals surface area contributed by atoms with E-state index in [1.807, 2.05) is 11.5 Å². The van der Waals surface area contributed by atoms with Crippen molar-refractivity contribution in [2.75, 3.05) is 0 Å². The lowest BCUT2D eigenvalue weighted by atomic mass is 10.2. The molecule has 0 N–H and O–H groups in total. The van der Waals surface area contributed by atoms with Crippen LogP contribution in [0.2, 0.25) is 0 Å². The molecular formula is C14H22BrN3. The molecule has 0 aliphatic rings. The van der Waals surface area contributed by atoms with Crippen LogP contribution in [0.25, 0.3) is 0 Å². The van der Waals surface area contributed by atoms with Gasteiger partial charge in [0, 0.05) is 6.42 Å². The lowest BCUT2D eigenvalue weighted by Crippen LogP contribution is -2.08. The number of nitrogens with zero attached hydrogens (tertiary/aromatic N) is 3. The molecular weight excluding hydrogens is 290 g/mol. The van der Waals surface area contributed by atoms with Crippen molar-refractivity contribution in [2.45, 2.75) is 65.3 Å². The molecule has 0 saturated carbocycles. The smallest absolute Gasteiger partial charge is 0.120 e. The highest BCUT2D eigenvalue weighted by molar-refractivity contribution is 9.10. The molecule has 0 aromatic carbocycles. The number of hydrogen-bond acceptors (Lipinski definition) is 2. The van der Waals surface area contributed by atoms with Crippen LogP contribution in [0.4, 0.5) is 0 Å². The molecule has 1 unspecified atom stereocenters. The van der Waals surface area contributed by atoms with Gasteiger partial charge in [-0.05, 0) is 42.1 Å². The van der Waals surface area contributed by atoms with Crippen LogP contribution in [-0.2, 0) is 12.8 Å². The second-order valence-corrected chi connectivity index (χ2v) is 5.40. The van der Waals surface area contributed by atoms with Gasteiger partial charge in [0.05, 0.1) is 11.8 Å². The summed E-state index contributed by atoms with van der Waals surface area (Å²) in [5.74, 6) is 1.05. The second-order valence-electron chi connectivity index (χ2n) is 4.65. The first kappa shape index (κ1) is 15.2. The summed E-state index contributed by atoms with van der Waals surface area (Å²) < 4.78 is 3.04. The third kappa shape index (κ3) is 3.58. The van der Waals surface area contributed by atoms with Crippen molar-refractivity contribution in [1.82, 2.24) is 9.55 Å². The summed E-state index contributed by atoms with van der Waals surface area (Å²) in [6, 6.07) is 2.14. The average Bonchev–Trinajstić information content (AvgIpc) is 2.69. The largest absolute Gasteiger partial charge is 0.306 e. The highest BCUT2D eigenvalue weighted by Crippen LogP contribution is 2.25. The molecule has 4 heteroatoms. The van der Waals surface area contributed by atoms with Gasteiger partial charge in [-0.2, -0.15) is 5.26 Å². The zero-order valence-corrected chi connectivity index (χ0v) is 13.1. The molecule has 0 fully saturated rings. The van der Waals surface area contributed by atoms with E-state index < -0.39 is 0 Å². The van der Waals surface area contributed by atoms with Gasteiger partial charge in [0.15, 0.2) is 0 Å². The molecule has 0 aliphatic heterocycles. The van der Waals surface area contributed by atoms with Crippen molar-refractivity contribution >= 4 is 15.9 Å². The molecule has 0 saturated heterocycles. The maximum Gasteiger partial charge on any atom is 0.120 e. The number of imidazole rings is 1. The summed E-state index contributed by atoms with van der Waals surface area (Å²) in [5, 5.41) is 9.13. The normalized spacial score (nSPS) is 12.4. The molecule has 0 spiro atoms. The minimum absolute atomic E-state index is 0.158. The van der Waals surface area contributed by atoms with Crippen molar-refractivity contribution in [3.63, 3.8) is 0 Å². The standard InChI is InChI=1S/C14H22BrN3/c1-4-6-8-12-14(15)18(11(3)10-16)13(17-12)9-7-5-2/h11H,4-9H2,1-3H3. The molecule has 18 heavy (non-hydrogen) atoms. The number of aromatic nitrogens is 2. The highest BCUT2D eigenvalue weighted by Gasteiger charge is 2.18. The number of unbranched alkanes of at least 4 members (excludes halogenated alkanes) is 2. The fourth-order valence-corrected chi connectivity index (χ4v) is 2.77. The van der Waals surface area contributed by atoms with Gasteiger partial charge in [0.2, 0.25) is 0 Å². The molecule has 1 atom stereocenters. The Hall–Kier alpha value is -0.820. The third-order valence-corrected chi connectivity index (χ3v) is 3.93. The van der Waals surface area contributed by atoms with E-state index in [-0.39, 0.29) is 6.04 Å². The van der Waals surface area contributed by atoms with E-state index >= 15 is 0 Å². The maximum atomic E-state index is 9.13. The van der Waals surface area contributed by atoms with Gasteiger partial charge in [-0.15, -0.1) is 0 Å². The van der Waals surface area contributed by atoms with Crippen LogP contribution < -0.4 is 0 Å². The fourth-order valence-electron chi connectivity index (χ4n) is 1.97. The molecule has 1 rings (SSSR count). The van der Waals surface area contributed by atoms with E-state index in [9.17, 15) is 0 Å². The van der Waals surface area contributed by atoms with E-state index in [1.54, 1.807) is 0 Å². The molecule has 0 amide bonds. The van der Waals surface area contributed by atoms with Crippen LogP contribution in [0.3, 0.4) is 0 Å². The van der Waals surface area contributed by atoms with Gasteiger partial charge in [-0.25, -0.2) is 4.98 Å². The highest BCUT2D eigenvalue weighted by atomic mass is 79.9. The van der Waals surface area contributed by atoms with Crippen LogP contribution >= 0.6 is 15.9 Å². The van der Waals surface area contributed by atoms with E-state index in [2.05, 4.69) is 35.8 Å². The topological polar surface area (TPSA) is 41.6 Å². The molecule has 3 nitrogen and oxygen atoms in total. The van der Waals surface area contributed by atoms with Crippen LogP contribution in [0, 0.1) is 11.3 Å². The summed E-state index contributed by atoms with van der Waals surface area (Å²) in [5.41, 5.74) is 1.10. The zero-order valence-electron chi connectivity index (χ0n) is 11.5. The number of halogens is 1. The van der Waals surface area contributed by atoms with Gasteiger partial charge in [0.25, 0.3) is 0 Å². The maximum absolute atomic E-state index is 9.13. The molecule has 0 radical (unpaired) electrons. The summed E-state index contributed by atoms with van der Waals surface area (Å²) in [4.78, 5) is 4.72. The summed E-state index contributed by atoms with van der Waals surface area (Å²) in [6.07, 6.45) is 6.51. The average molecular weight is 312 g/mol. The Balaban J connectivity index is 3.02. The van der Waals surface area contributed by atoms with Crippen molar-refractivity contribution in [1.29, 1.82) is 5.26 Å². The van der Waals surface area contributed by atoms with Crippen molar-refractivity contribution in [2.24, 2.45) is 0 Å². The van der Waals surface area contributed by atoms with Crippen molar-refractivity contribution in [3.8, 4) is 6.07 Å². The first-order chi connectivity index (χ1) is 8.65. The monoisotopic (exact) mass is 311 g/mol. The lowest BCUT2D eigenvalue weighted by molar-refractivity contribution is 0.602. The Kier molecular flexibility index (Phi) is 6.42. The number of nitriles is 1.